The lowest BCUT2D eigenvalue weighted by Crippen LogP contribution is -2.21. The third kappa shape index (κ3) is 3.35. The first-order valence-electron chi connectivity index (χ1n) is 5.60. The number of thiocarbonyl (C=S) groups is 1. The molecule has 0 saturated heterocycles. The first kappa shape index (κ1) is 13.1. The summed E-state index contributed by atoms with van der Waals surface area (Å²) in [5, 5.41) is 4.25. The fourth-order valence-electron chi connectivity index (χ4n) is 1.83. The van der Waals surface area contributed by atoms with Crippen molar-refractivity contribution >= 4 is 28.5 Å². The van der Waals surface area contributed by atoms with Crippen LogP contribution in [0.5, 0.6) is 0 Å². The van der Waals surface area contributed by atoms with Crippen LogP contribution in [0, 0.1) is 0 Å². The quantitative estimate of drug-likeness (QED) is 0.852. The van der Waals surface area contributed by atoms with E-state index in [1.165, 1.54) is 5.56 Å². The Balaban J connectivity index is 2.07. The van der Waals surface area contributed by atoms with Crippen LogP contribution >= 0.6 is 23.6 Å². The van der Waals surface area contributed by atoms with Gasteiger partial charge in [0.2, 0.25) is 0 Å². The number of thiophene rings is 1. The molecule has 0 aliphatic rings. The molecule has 0 fully saturated rings. The van der Waals surface area contributed by atoms with Gasteiger partial charge in [-0.05, 0) is 41.1 Å². The van der Waals surface area contributed by atoms with Gasteiger partial charge in [0, 0.05) is 19.3 Å². The number of hydrogen-bond donors (Lipinski definition) is 1. The fourth-order valence-corrected chi connectivity index (χ4v) is 2.67. The highest BCUT2D eigenvalue weighted by Gasteiger charge is 2.09. The second kappa shape index (κ2) is 6.04. The van der Waals surface area contributed by atoms with Gasteiger partial charge in [0.05, 0.1) is 0 Å². The van der Waals surface area contributed by atoms with Crippen LogP contribution in [-0.4, -0.2) is 21.9 Å². The van der Waals surface area contributed by atoms with Crippen molar-refractivity contribution in [2.24, 2.45) is 5.73 Å². The molecule has 5 heteroatoms. The van der Waals surface area contributed by atoms with E-state index in [-0.39, 0.29) is 0 Å². The van der Waals surface area contributed by atoms with Gasteiger partial charge in [0.15, 0.2) is 0 Å². The zero-order chi connectivity index (χ0) is 13.0. The van der Waals surface area contributed by atoms with E-state index in [0.29, 0.717) is 4.99 Å². The summed E-state index contributed by atoms with van der Waals surface area (Å²) in [5.41, 5.74) is 8.80. The summed E-state index contributed by atoms with van der Waals surface area (Å²) < 4.78 is 0. The predicted molar refractivity (Wildman–Crippen MR) is 79.6 cm³/mol. The second-order valence-corrected chi connectivity index (χ2v) is 5.40. The molecule has 0 atom stereocenters. The van der Waals surface area contributed by atoms with E-state index in [9.17, 15) is 0 Å². The average Bonchev–Trinajstić information content (AvgIpc) is 2.82. The van der Waals surface area contributed by atoms with E-state index < -0.39 is 0 Å². The molecule has 18 heavy (non-hydrogen) atoms. The topological polar surface area (TPSA) is 42.2 Å². The Kier molecular flexibility index (Phi) is 4.41. The highest BCUT2D eigenvalue weighted by molar-refractivity contribution is 7.80. The Labute approximate surface area is 116 Å². The van der Waals surface area contributed by atoms with Gasteiger partial charge < -0.3 is 5.73 Å². The van der Waals surface area contributed by atoms with E-state index in [1.807, 2.05) is 12.1 Å². The summed E-state index contributed by atoms with van der Waals surface area (Å²) in [6.07, 6.45) is 1.72. The van der Waals surface area contributed by atoms with Crippen LogP contribution in [0.4, 0.5) is 0 Å². The Morgan fingerprint density at radius 2 is 2.28 bits per heavy atom. The SMILES string of the molecule is CN(Cc1ccsc1)Cc1cccnc1C(N)=S. The molecule has 0 unspecified atom stereocenters. The monoisotopic (exact) mass is 277 g/mol. The highest BCUT2D eigenvalue weighted by atomic mass is 32.1. The molecule has 0 saturated carbocycles. The smallest absolute Gasteiger partial charge is 0.123 e. The summed E-state index contributed by atoms with van der Waals surface area (Å²) in [7, 11) is 2.08. The molecule has 0 aliphatic heterocycles. The maximum atomic E-state index is 5.68. The van der Waals surface area contributed by atoms with Crippen molar-refractivity contribution in [3.63, 3.8) is 0 Å². The minimum Gasteiger partial charge on any atom is -0.388 e. The van der Waals surface area contributed by atoms with Crippen LogP contribution in [0.1, 0.15) is 16.8 Å². The number of nitrogens with two attached hydrogens (primary N) is 1. The van der Waals surface area contributed by atoms with Gasteiger partial charge >= 0.3 is 0 Å². The largest absolute Gasteiger partial charge is 0.388 e. The summed E-state index contributed by atoms with van der Waals surface area (Å²) in [6, 6.07) is 6.07. The molecule has 0 spiro atoms. The van der Waals surface area contributed by atoms with Crippen LogP contribution in [0.15, 0.2) is 35.2 Å². The van der Waals surface area contributed by atoms with Crippen LogP contribution in [0.3, 0.4) is 0 Å². The molecular weight excluding hydrogens is 262 g/mol. The van der Waals surface area contributed by atoms with Gasteiger partial charge in [0.25, 0.3) is 0 Å². The van der Waals surface area contributed by atoms with Gasteiger partial charge in [-0.15, -0.1) is 0 Å². The fraction of sp³-hybridized carbons (Fsp3) is 0.231. The highest BCUT2D eigenvalue weighted by Crippen LogP contribution is 2.12. The lowest BCUT2D eigenvalue weighted by Gasteiger charge is -2.17. The molecule has 2 N–H and O–H groups in total. The Bertz CT molecular complexity index is 523. The zero-order valence-corrected chi connectivity index (χ0v) is 11.8. The lowest BCUT2D eigenvalue weighted by atomic mass is 10.1. The summed E-state index contributed by atoms with van der Waals surface area (Å²) in [5.74, 6) is 0. The van der Waals surface area contributed by atoms with Gasteiger partial charge in [-0.3, -0.25) is 9.88 Å². The van der Waals surface area contributed by atoms with Crippen molar-refractivity contribution in [2.45, 2.75) is 13.1 Å². The molecule has 0 aromatic carbocycles. The summed E-state index contributed by atoms with van der Waals surface area (Å²) in [6.45, 7) is 1.70. The molecule has 3 nitrogen and oxygen atoms in total. The maximum absolute atomic E-state index is 5.68. The minimum absolute atomic E-state index is 0.356. The molecule has 2 rings (SSSR count). The van der Waals surface area contributed by atoms with Crippen molar-refractivity contribution in [2.75, 3.05) is 7.05 Å². The normalized spacial score (nSPS) is 10.8. The molecule has 0 radical (unpaired) electrons. The molecule has 2 aromatic rings. The molecule has 2 aromatic heterocycles. The molecular formula is C13H15N3S2. The van der Waals surface area contributed by atoms with Crippen LogP contribution < -0.4 is 5.73 Å². The summed E-state index contributed by atoms with van der Waals surface area (Å²) >= 11 is 6.73. The van der Waals surface area contributed by atoms with Crippen LogP contribution in [0.25, 0.3) is 0 Å². The molecule has 2 heterocycles. The molecule has 0 bridgehead atoms. The predicted octanol–water partition coefficient (Wildman–Crippen LogP) is 2.41. The minimum atomic E-state index is 0.356. The first-order valence-corrected chi connectivity index (χ1v) is 6.95. The Hall–Kier alpha value is -1.30. The van der Waals surface area contributed by atoms with Crippen molar-refractivity contribution in [1.82, 2.24) is 9.88 Å². The third-order valence-electron chi connectivity index (χ3n) is 2.60. The Morgan fingerprint density at radius 3 is 2.94 bits per heavy atom. The van der Waals surface area contributed by atoms with E-state index in [4.69, 9.17) is 18.0 Å². The van der Waals surface area contributed by atoms with Crippen molar-refractivity contribution in [3.8, 4) is 0 Å². The average molecular weight is 277 g/mol. The Morgan fingerprint density at radius 1 is 1.44 bits per heavy atom. The van der Waals surface area contributed by atoms with Crippen LogP contribution in [-0.2, 0) is 13.1 Å². The van der Waals surface area contributed by atoms with E-state index in [1.54, 1.807) is 17.5 Å². The standard InChI is InChI=1S/C13H15N3S2/c1-16(7-10-4-6-18-9-10)8-11-3-2-5-15-12(11)13(14)17/h2-6,9H,7-8H2,1H3,(H2,14,17). The zero-order valence-electron chi connectivity index (χ0n) is 10.2. The number of rotatable bonds is 5. The van der Waals surface area contributed by atoms with Crippen LogP contribution in [0.2, 0.25) is 0 Å². The van der Waals surface area contributed by atoms with Crippen molar-refractivity contribution < 1.29 is 0 Å². The number of pyridine rings is 1. The van der Waals surface area contributed by atoms with E-state index in [0.717, 1.165) is 24.3 Å². The van der Waals surface area contributed by atoms with Crippen molar-refractivity contribution in [3.05, 3.63) is 52.0 Å². The summed E-state index contributed by atoms with van der Waals surface area (Å²) in [4.78, 5) is 6.82. The van der Waals surface area contributed by atoms with Gasteiger partial charge in [-0.25, -0.2) is 0 Å². The number of nitrogens with zero attached hydrogens (tertiary/aromatic N) is 2. The number of aromatic nitrogens is 1. The maximum Gasteiger partial charge on any atom is 0.123 e. The molecule has 0 aliphatic carbocycles. The number of hydrogen-bond acceptors (Lipinski definition) is 4. The molecule has 94 valence electrons. The lowest BCUT2D eigenvalue weighted by molar-refractivity contribution is 0.319. The van der Waals surface area contributed by atoms with Gasteiger partial charge in [-0.1, -0.05) is 18.3 Å². The first-order chi connectivity index (χ1) is 8.66. The second-order valence-electron chi connectivity index (χ2n) is 4.18. The molecule has 0 amide bonds. The van der Waals surface area contributed by atoms with Gasteiger partial charge in [0.1, 0.15) is 10.7 Å². The van der Waals surface area contributed by atoms with E-state index >= 15 is 0 Å². The van der Waals surface area contributed by atoms with E-state index in [2.05, 4.69) is 33.8 Å². The third-order valence-corrected chi connectivity index (χ3v) is 3.52. The van der Waals surface area contributed by atoms with Crippen molar-refractivity contribution in [1.29, 1.82) is 0 Å². The van der Waals surface area contributed by atoms with Gasteiger partial charge in [-0.2, -0.15) is 11.3 Å².